The Morgan fingerprint density at radius 1 is 1.35 bits per heavy atom. The molecule has 0 bridgehead atoms. The fourth-order valence-corrected chi connectivity index (χ4v) is 1.87. The number of rotatable bonds is 8. The lowest BCUT2D eigenvalue weighted by Crippen LogP contribution is -2.34. The largest absolute Gasteiger partial charge is 0.396 e. The van der Waals surface area contributed by atoms with Gasteiger partial charge in [0.1, 0.15) is 0 Å². The standard InChI is InChI=1S/C15H23NO/c1-3-13(2)15(10-7-11-17)16-12-14-8-5-4-6-9-14/h3-6,8-9,13,15-17H,1,7,10-12H2,2H3/t13-,15+/m1/s1. The quantitative estimate of drug-likeness (QED) is 0.677. The third-order valence-electron chi connectivity index (χ3n) is 3.09. The highest BCUT2D eigenvalue weighted by atomic mass is 16.2. The predicted molar refractivity (Wildman–Crippen MR) is 72.8 cm³/mol. The number of aliphatic hydroxyl groups is 1. The van der Waals surface area contributed by atoms with E-state index in [-0.39, 0.29) is 6.61 Å². The number of aliphatic hydroxyl groups excluding tert-OH is 1. The molecule has 0 aliphatic carbocycles. The van der Waals surface area contributed by atoms with Gasteiger partial charge in [0.2, 0.25) is 0 Å². The Kier molecular flexibility index (Phi) is 6.60. The maximum atomic E-state index is 8.90. The van der Waals surface area contributed by atoms with Gasteiger partial charge in [0.25, 0.3) is 0 Å². The van der Waals surface area contributed by atoms with Gasteiger partial charge in [-0.05, 0) is 24.3 Å². The van der Waals surface area contributed by atoms with Crippen LogP contribution in [0.4, 0.5) is 0 Å². The molecule has 2 nitrogen and oxygen atoms in total. The van der Waals surface area contributed by atoms with E-state index in [1.165, 1.54) is 5.56 Å². The third-order valence-corrected chi connectivity index (χ3v) is 3.09. The van der Waals surface area contributed by atoms with E-state index in [1.807, 2.05) is 12.1 Å². The maximum absolute atomic E-state index is 8.90. The van der Waals surface area contributed by atoms with E-state index in [2.05, 4.69) is 43.1 Å². The van der Waals surface area contributed by atoms with Crippen molar-refractivity contribution < 1.29 is 5.11 Å². The maximum Gasteiger partial charge on any atom is 0.0431 e. The van der Waals surface area contributed by atoms with Gasteiger partial charge >= 0.3 is 0 Å². The van der Waals surface area contributed by atoms with Crippen LogP contribution in [0, 0.1) is 5.92 Å². The van der Waals surface area contributed by atoms with E-state index in [4.69, 9.17) is 5.11 Å². The summed E-state index contributed by atoms with van der Waals surface area (Å²) >= 11 is 0. The van der Waals surface area contributed by atoms with Crippen molar-refractivity contribution in [1.29, 1.82) is 0 Å². The summed E-state index contributed by atoms with van der Waals surface area (Å²) in [5, 5.41) is 12.4. The van der Waals surface area contributed by atoms with Crippen molar-refractivity contribution in [1.82, 2.24) is 5.32 Å². The van der Waals surface area contributed by atoms with Gasteiger partial charge in [0.15, 0.2) is 0 Å². The first kappa shape index (κ1) is 13.9. The van der Waals surface area contributed by atoms with Gasteiger partial charge in [-0.2, -0.15) is 0 Å². The minimum Gasteiger partial charge on any atom is -0.396 e. The summed E-state index contributed by atoms with van der Waals surface area (Å²) in [7, 11) is 0. The zero-order chi connectivity index (χ0) is 12.5. The van der Waals surface area contributed by atoms with Gasteiger partial charge in [-0.1, -0.05) is 43.3 Å². The molecule has 0 heterocycles. The second kappa shape index (κ2) is 8.04. The molecule has 0 aliphatic heterocycles. The lowest BCUT2D eigenvalue weighted by Gasteiger charge is -2.22. The molecule has 2 N–H and O–H groups in total. The van der Waals surface area contributed by atoms with E-state index >= 15 is 0 Å². The molecular weight excluding hydrogens is 210 g/mol. The Bertz CT molecular complexity index is 310. The highest BCUT2D eigenvalue weighted by Gasteiger charge is 2.13. The first-order valence-electron chi connectivity index (χ1n) is 6.28. The fraction of sp³-hybridized carbons (Fsp3) is 0.467. The van der Waals surface area contributed by atoms with Crippen LogP contribution in [0.2, 0.25) is 0 Å². The molecule has 0 saturated carbocycles. The molecule has 1 aromatic carbocycles. The lowest BCUT2D eigenvalue weighted by atomic mass is 9.97. The van der Waals surface area contributed by atoms with Gasteiger partial charge in [-0.15, -0.1) is 6.58 Å². The van der Waals surface area contributed by atoms with Crippen LogP contribution in [0.25, 0.3) is 0 Å². The summed E-state index contributed by atoms with van der Waals surface area (Å²) in [5.41, 5.74) is 1.29. The van der Waals surface area contributed by atoms with Gasteiger partial charge in [-0.25, -0.2) is 0 Å². The Labute approximate surface area is 104 Å². The molecule has 1 rings (SSSR count). The summed E-state index contributed by atoms with van der Waals surface area (Å²) in [6.45, 7) is 7.13. The topological polar surface area (TPSA) is 32.3 Å². The highest BCUT2D eigenvalue weighted by Crippen LogP contribution is 2.11. The van der Waals surface area contributed by atoms with E-state index in [9.17, 15) is 0 Å². The summed E-state index contributed by atoms with van der Waals surface area (Å²) < 4.78 is 0. The van der Waals surface area contributed by atoms with Gasteiger partial charge in [0.05, 0.1) is 0 Å². The zero-order valence-corrected chi connectivity index (χ0v) is 10.6. The second-order valence-corrected chi connectivity index (χ2v) is 4.43. The summed E-state index contributed by atoms with van der Waals surface area (Å²) in [4.78, 5) is 0. The van der Waals surface area contributed by atoms with Crippen LogP contribution >= 0.6 is 0 Å². The lowest BCUT2D eigenvalue weighted by molar-refractivity contribution is 0.267. The van der Waals surface area contributed by atoms with Crippen molar-refractivity contribution in [3.63, 3.8) is 0 Å². The Morgan fingerprint density at radius 3 is 2.65 bits per heavy atom. The number of nitrogens with one attached hydrogen (secondary N) is 1. The molecule has 0 unspecified atom stereocenters. The average molecular weight is 233 g/mol. The summed E-state index contributed by atoms with van der Waals surface area (Å²) in [6, 6.07) is 10.8. The van der Waals surface area contributed by atoms with Crippen molar-refractivity contribution in [2.75, 3.05) is 6.61 Å². The Balaban J connectivity index is 2.45. The van der Waals surface area contributed by atoms with Crippen LogP contribution in [0.1, 0.15) is 25.3 Å². The molecule has 94 valence electrons. The monoisotopic (exact) mass is 233 g/mol. The molecule has 17 heavy (non-hydrogen) atoms. The molecule has 0 aliphatic rings. The molecule has 0 radical (unpaired) electrons. The van der Waals surface area contributed by atoms with Crippen LogP contribution in [-0.2, 0) is 6.54 Å². The van der Waals surface area contributed by atoms with Crippen LogP contribution < -0.4 is 5.32 Å². The van der Waals surface area contributed by atoms with Crippen molar-refractivity contribution in [2.45, 2.75) is 32.4 Å². The molecule has 2 atom stereocenters. The predicted octanol–water partition coefficient (Wildman–Crippen LogP) is 2.74. The van der Waals surface area contributed by atoms with Crippen LogP contribution in [0.3, 0.4) is 0 Å². The molecule has 0 fully saturated rings. The first-order chi connectivity index (χ1) is 8.27. The molecule has 0 amide bonds. The number of hydrogen-bond acceptors (Lipinski definition) is 2. The molecule has 0 spiro atoms. The normalized spacial score (nSPS) is 14.2. The van der Waals surface area contributed by atoms with E-state index in [0.29, 0.717) is 12.0 Å². The smallest absolute Gasteiger partial charge is 0.0431 e. The third kappa shape index (κ3) is 5.16. The summed E-state index contributed by atoms with van der Waals surface area (Å²) in [5.74, 6) is 0.422. The van der Waals surface area contributed by atoms with Crippen LogP contribution in [-0.4, -0.2) is 17.8 Å². The first-order valence-corrected chi connectivity index (χ1v) is 6.28. The Hall–Kier alpha value is -1.12. The van der Waals surface area contributed by atoms with Gasteiger partial charge < -0.3 is 10.4 Å². The van der Waals surface area contributed by atoms with Crippen LogP contribution in [0.15, 0.2) is 43.0 Å². The van der Waals surface area contributed by atoms with Crippen LogP contribution in [0.5, 0.6) is 0 Å². The number of hydrogen-bond donors (Lipinski definition) is 2. The minimum absolute atomic E-state index is 0.257. The minimum atomic E-state index is 0.257. The highest BCUT2D eigenvalue weighted by molar-refractivity contribution is 5.14. The zero-order valence-electron chi connectivity index (χ0n) is 10.6. The molecule has 1 aromatic rings. The van der Waals surface area contributed by atoms with Crippen molar-refractivity contribution >= 4 is 0 Å². The van der Waals surface area contributed by atoms with E-state index in [1.54, 1.807) is 0 Å². The van der Waals surface area contributed by atoms with Gasteiger partial charge in [0, 0.05) is 19.2 Å². The second-order valence-electron chi connectivity index (χ2n) is 4.43. The molecule has 0 saturated heterocycles. The molecule has 0 aromatic heterocycles. The Morgan fingerprint density at radius 2 is 2.06 bits per heavy atom. The molecular formula is C15H23NO. The average Bonchev–Trinajstić information content (AvgIpc) is 2.39. The summed E-state index contributed by atoms with van der Waals surface area (Å²) in [6.07, 6.45) is 3.79. The van der Waals surface area contributed by atoms with Crippen molar-refractivity contribution in [3.8, 4) is 0 Å². The fourth-order valence-electron chi connectivity index (χ4n) is 1.87. The van der Waals surface area contributed by atoms with Crippen molar-refractivity contribution in [3.05, 3.63) is 48.6 Å². The SMILES string of the molecule is C=C[C@@H](C)[C@H](CCCO)NCc1ccccc1. The number of benzene rings is 1. The van der Waals surface area contributed by atoms with E-state index in [0.717, 1.165) is 19.4 Å². The van der Waals surface area contributed by atoms with Crippen molar-refractivity contribution in [2.24, 2.45) is 5.92 Å². The van der Waals surface area contributed by atoms with E-state index < -0.39 is 0 Å². The molecule has 2 heteroatoms. The van der Waals surface area contributed by atoms with Gasteiger partial charge in [-0.3, -0.25) is 0 Å².